The second-order valence-corrected chi connectivity index (χ2v) is 7.08. The first kappa shape index (κ1) is 18.4. The number of rotatable bonds is 6. The average Bonchev–Trinajstić information content (AvgIpc) is 3.19. The molecule has 140 valence electrons. The Labute approximate surface area is 157 Å². The van der Waals surface area contributed by atoms with Crippen molar-refractivity contribution in [2.75, 3.05) is 26.1 Å². The number of hydrogen-bond donors (Lipinski definition) is 1. The third-order valence-corrected chi connectivity index (χ3v) is 5.28. The van der Waals surface area contributed by atoms with Gasteiger partial charge in [0.1, 0.15) is 5.51 Å². The highest BCUT2D eigenvalue weighted by Crippen LogP contribution is 2.29. The second-order valence-electron chi connectivity index (χ2n) is 6.25. The predicted octanol–water partition coefficient (Wildman–Crippen LogP) is 3.57. The van der Waals surface area contributed by atoms with E-state index in [-0.39, 0.29) is 12.1 Å². The predicted molar refractivity (Wildman–Crippen MR) is 101 cm³/mol. The molecule has 1 aromatic carbocycles. The number of carbonyl (C=O) groups is 1. The van der Waals surface area contributed by atoms with Gasteiger partial charge in [-0.1, -0.05) is 17.4 Å². The highest BCUT2D eigenvalue weighted by molar-refractivity contribution is 7.13. The van der Waals surface area contributed by atoms with Crippen LogP contribution in [0.5, 0.6) is 11.5 Å². The number of urea groups is 1. The van der Waals surface area contributed by atoms with Crippen molar-refractivity contribution in [3.05, 3.63) is 29.3 Å². The SMILES string of the molecule is COc1ccc(CCC2CCCCN2C(=O)Nc2nncs2)cc1OC. The molecule has 0 spiro atoms. The second kappa shape index (κ2) is 8.84. The highest BCUT2D eigenvalue weighted by Gasteiger charge is 2.27. The average molecular weight is 376 g/mol. The van der Waals surface area contributed by atoms with Gasteiger partial charge in [0.2, 0.25) is 5.13 Å². The number of benzene rings is 1. The molecule has 1 aromatic heterocycles. The summed E-state index contributed by atoms with van der Waals surface area (Å²) in [6, 6.07) is 6.13. The van der Waals surface area contributed by atoms with Crippen molar-refractivity contribution in [1.29, 1.82) is 0 Å². The maximum atomic E-state index is 12.6. The fraction of sp³-hybridized carbons (Fsp3) is 0.500. The Morgan fingerprint density at radius 1 is 1.31 bits per heavy atom. The molecule has 2 amide bonds. The summed E-state index contributed by atoms with van der Waals surface area (Å²) >= 11 is 1.33. The molecular weight excluding hydrogens is 352 g/mol. The van der Waals surface area contributed by atoms with E-state index in [0.29, 0.717) is 5.13 Å². The molecule has 1 unspecified atom stereocenters. The zero-order chi connectivity index (χ0) is 18.4. The summed E-state index contributed by atoms with van der Waals surface area (Å²) in [5, 5.41) is 11.0. The molecule has 1 fully saturated rings. The minimum absolute atomic E-state index is 0.0845. The molecule has 0 bridgehead atoms. The molecule has 0 saturated carbocycles. The lowest BCUT2D eigenvalue weighted by atomic mass is 9.96. The first-order valence-corrected chi connectivity index (χ1v) is 9.64. The van der Waals surface area contributed by atoms with E-state index in [4.69, 9.17) is 9.47 Å². The Bertz CT molecular complexity index is 723. The van der Waals surface area contributed by atoms with E-state index in [0.717, 1.165) is 50.1 Å². The number of likely N-dealkylation sites (tertiary alicyclic amines) is 1. The van der Waals surface area contributed by atoms with Crippen LogP contribution in [-0.2, 0) is 6.42 Å². The van der Waals surface area contributed by atoms with Crippen molar-refractivity contribution in [2.24, 2.45) is 0 Å². The molecule has 2 aromatic rings. The van der Waals surface area contributed by atoms with E-state index in [1.54, 1.807) is 19.7 Å². The molecule has 1 aliphatic rings. The zero-order valence-electron chi connectivity index (χ0n) is 15.1. The van der Waals surface area contributed by atoms with E-state index in [1.807, 2.05) is 17.0 Å². The van der Waals surface area contributed by atoms with Gasteiger partial charge in [-0.25, -0.2) is 4.79 Å². The van der Waals surface area contributed by atoms with Gasteiger partial charge in [0, 0.05) is 12.6 Å². The van der Waals surface area contributed by atoms with Crippen molar-refractivity contribution in [3.8, 4) is 11.5 Å². The fourth-order valence-corrected chi connectivity index (χ4v) is 3.76. The number of aryl methyl sites for hydroxylation is 1. The van der Waals surface area contributed by atoms with Crippen LogP contribution in [0.4, 0.5) is 9.93 Å². The van der Waals surface area contributed by atoms with Gasteiger partial charge < -0.3 is 14.4 Å². The van der Waals surface area contributed by atoms with Crippen molar-refractivity contribution < 1.29 is 14.3 Å². The number of methoxy groups -OCH3 is 2. The number of nitrogens with zero attached hydrogens (tertiary/aromatic N) is 3. The molecule has 3 rings (SSSR count). The molecule has 8 heteroatoms. The van der Waals surface area contributed by atoms with Crippen LogP contribution in [0, 0.1) is 0 Å². The molecule has 1 N–H and O–H groups in total. The molecule has 0 radical (unpaired) electrons. The third kappa shape index (κ3) is 4.43. The van der Waals surface area contributed by atoms with E-state index < -0.39 is 0 Å². The summed E-state index contributed by atoms with van der Waals surface area (Å²) in [5.74, 6) is 1.46. The largest absolute Gasteiger partial charge is 0.493 e. The summed E-state index contributed by atoms with van der Waals surface area (Å²) in [5.41, 5.74) is 2.79. The van der Waals surface area contributed by atoms with Crippen LogP contribution in [-0.4, -0.2) is 47.9 Å². The molecule has 0 aliphatic carbocycles. The van der Waals surface area contributed by atoms with Gasteiger partial charge in [0.25, 0.3) is 0 Å². The van der Waals surface area contributed by atoms with Gasteiger partial charge in [-0.3, -0.25) is 5.32 Å². The number of nitrogens with one attached hydrogen (secondary N) is 1. The molecule has 1 atom stereocenters. The minimum Gasteiger partial charge on any atom is -0.493 e. The molecule has 26 heavy (non-hydrogen) atoms. The van der Waals surface area contributed by atoms with Gasteiger partial charge in [-0.05, 0) is 49.8 Å². The summed E-state index contributed by atoms with van der Waals surface area (Å²) < 4.78 is 10.7. The lowest BCUT2D eigenvalue weighted by Crippen LogP contribution is -2.46. The summed E-state index contributed by atoms with van der Waals surface area (Å²) in [6.45, 7) is 0.779. The van der Waals surface area contributed by atoms with Crippen molar-refractivity contribution in [2.45, 2.75) is 38.1 Å². The van der Waals surface area contributed by atoms with Crippen molar-refractivity contribution >= 4 is 22.5 Å². The first-order valence-electron chi connectivity index (χ1n) is 8.76. The van der Waals surface area contributed by atoms with Crippen LogP contribution in [0.2, 0.25) is 0 Å². The Morgan fingerprint density at radius 2 is 2.15 bits per heavy atom. The Kier molecular flexibility index (Phi) is 6.27. The number of ether oxygens (including phenoxy) is 2. The number of piperidine rings is 1. The van der Waals surface area contributed by atoms with E-state index >= 15 is 0 Å². The van der Waals surface area contributed by atoms with Crippen molar-refractivity contribution in [3.63, 3.8) is 0 Å². The van der Waals surface area contributed by atoms with Crippen LogP contribution in [0.3, 0.4) is 0 Å². The number of carbonyl (C=O) groups excluding carboxylic acids is 1. The van der Waals surface area contributed by atoms with Gasteiger partial charge in [0.15, 0.2) is 11.5 Å². The third-order valence-electron chi connectivity index (χ3n) is 4.68. The van der Waals surface area contributed by atoms with Crippen LogP contribution in [0.25, 0.3) is 0 Å². The number of amides is 2. The fourth-order valence-electron chi connectivity index (χ4n) is 3.33. The topological polar surface area (TPSA) is 76.6 Å². The maximum absolute atomic E-state index is 12.6. The normalized spacial score (nSPS) is 17.0. The minimum atomic E-state index is -0.0845. The van der Waals surface area contributed by atoms with Crippen LogP contribution in [0.15, 0.2) is 23.7 Å². The lowest BCUT2D eigenvalue weighted by Gasteiger charge is -2.35. The molecule has 7 nitrogen and oxygen atoms in total. The van der Waals surface area contributed by atoms with Gasteiger partial charge in [-0.2, -0.15) is 0 Å². The summed E-state index contributed by atoms with van der Waals surface area (Å²) in [7, 11) is 3.27. The van der Waals surface area contributed by atoms with Crippen LogP contribution >= 0.6 is 11.3 Å². The standard InChI is InChI=1S/C18H24N4O3S/c1-24-15-9-7-13(11-16(15)25-2)6-8-14-5-3-4-10-22(14)18(23)20-17-21-19-12-26-17/h7,9,11-12,14H,3-6,8,10H2,1-2H3,(H,20,21,23). The molecular formula is C18H24N4O3S. The Balaban J connectivity index is 1.62. The number of anilines is 1. The zero-order valence-corrected chi connectivity index (χ0v) is 15.9. The van der Waals surface area contributed by atoms with Crippen LogP contribution in [0.1, 0.15) is 31.2 Å². The molecule has 2 heterocycles. The Morgan fingerprint density at radius 3 is 2.88 bits per heavy atom. The summed E-state index contributed by atoms with van der Waals surface area (Å²) in [6.07, 6.45) is 5.01. The number of hydrogen-bond acceptors (Lipinski definition) is 6. The highest BCUT2D eigenvalue weighted by atomic mass is 32.1. The first-order chi connectivity index (χ1) is 12.7. The van der Waals surface area contributed by atoms with Gasteiger partial charge >= 0.3 is 6.03 Å². The molecule has 1 saturated heterocycles. The smallest absolute Gasteiger partial charge is 0.323 e. The monoisotopic (exact) mass is 376 g/mol. The van der Waals surface area contributed by atoms with Crippen molar-refractivity contribution in [1.82, 2.24) is 15.1 Å². The molecule has 1 aliphatic heterocycles. The maximum Gasteiger partial charge on any atom is 0.323 e. The summed E-state index contributed by atoms with van der Waals surface area (Å²) in [4.78, 5) is 14.5. The van der Waals surface area contributed by atoms with E-state index in [2.05, 4.69) is 21.6 Å². The van der Waals surface area contributed by atoms with Gasteiger partial charge in [0.05, 0.1) is 14.2 Å². The number of aromatic nitrogens is 2. The lowest BCUT2D eigenvalue weighted by molar-refractivity contribution is 0.158. The van der Waals surface area contributed by atoms with Crippen LogP contribution < -0.4 is 14.8 Å². The quantitative estimate of drug-likeness (QED) is 0.834. The van der Waals surface area contributed by atoms with Gasteiger partial charge in [-0.15, -0.1) is 10.2 Å². The Hall–Kier alpha value is -2.35. The van der Waals surface area contributed by atoms with E-state index in [1.165, 1.54) is 16.9 Å². The van der Waals surface area contributed by atoms with E-state index in [9.17, 15) is 4.79 Å².